The van der Waals surface area contributed by atoms with Crippen LogP contribution < -0.4 is 10.1 Å². The van der Waals surface area contributed by atoms with E-state index in [4.69, 9.17) is 4.74 Å². The molecule has 2 saturated carbocycles. The molecule has 0 spiro atoms. The molecule has 0 heterocycles. The van der Waals surface area contributed by atoms with Gasteiger partial charge in [-0.25, -0.2) is 0 Å². The summed E-state index contributed by atoms with van der Waals surface area (Å²) < 4.78 is 6.31. The predicted octanol–water partition coefficient (Wildman–Crippen LogP) is 5.23. The van der Waals surface area contributed by atoms with Crippen molar-refractivity contribution in [3.05, 3.63) is 22.7 Å². The maximum absolute atomic E-state index is 5.29. The Morgan fingerprint density at radius 1 is 1.10 bits per heavy atom. The molecule has 2 aliphatic rings. The summed E-state index contributed by atoms with van der Waals surface area (Å²) in [5.74, 6) is 2.88. The molecule has 3 atom stereocenters. The maximum atomic E-state index is 5.29. The highest BCUT2D eigenvalue weighted by molar-refractivity contribution is 9.10. The van der Waals surface area contributed by atoms with Gasteiger partial charge in [0.25, 0.3) is 0 Å². The summed E-state index contributed by atoms with van der Waals surface area (Å²) in [6.07, 6.45) is 9.94. The van der Waals surface area contributed by atoms with E-state index in [0.29, 0.717) is 6.04 Å². The highest BCUT2D eigenvalue weighted by atomic mass is 79.9. The number of halogens is 1. The van der Waals surface area contributed by atoms with E-state index in [-0.39, 0.29) is 0 Å². The van der Waals surface area contributed by atoms with Gasteiger partial charge in [-0.2, -0.15) is 0 Å². The van der Waals surface area contributed by atoms with Gasteiger partial charge >= 0.3 is 0 Å². The van der Waals surface area contributed by atoms with E-state index in [9.17, 15) is 0 Å². The molecule has 3 unspecified atom stereocenters. The lowest BCUT2D eigenvalue weighted by atomic mass is 9.69. The van der Waals surface area contributed by atoms with Crippen molar-refractivity contribution in [3.8, 4) is 5.75 Å². The third-order valence-corrected chi connectivity index (χ3v) is 5.68. The molecule has 0 bridgehead atoms. The van der Waals surface area contributed by atoms with Crippen LogP contribution in [0.2, 0.25) is 0 Å². The van der Waals surface area contributed by atoms with Crippen LogP contribution in [0.15, 0.2) is 22.7 Å². The summed E-state index contributed by atoms with van der Waals surface area (Å²) in [6.45, 7) is 0. The molecule has 1 aromatic rings. The van der Waals surface area contributed by atoms with Crippen molar-refractivity contribution < 1.29 is 4.74 Å². The first-order valence-corrected chi connectivity index (χ1v) is 8.65. The van der Waals surface area contributed by atoms with Gasteiger partial charge < -0.3 is 10.1 Å². The Balaban J connectivity index is 1.62. The Morgan fingerprint density at radius 3 is 2.65 bits per heavy atom. The topological polar surface area (TPSA) is 21.3 Å². The van der Waals surface area contributed by atoms with Crippen molar-refractivity contribution in [3.63, 3.8) is 0 Å². The van der Waals surface area contributed by atoms with Crippen LogP contribution in [0.25, 0.3) is 0 Å². The Bertz CT molecular complexity index is 462. The van der Waals surface area contributed by atoms with Crippen LogP contribution >= 0.6 is 15.9 Å². The highest BCUT2D eigenvalue weighted by Crippen LogP contribution is 2.41. The van der Waals surface area contributed by atoms with E-state index in [1.165, 1.54) is 50.6 Å². The van der Waals surface area contributed by atoms with Crippen LogP contribution in [0.5, 0.6) is 5.75 Å². The minimum absolute atomic E-state index is 0.648. The van der Waals surface area contributed by atoms with Gasteiger partial charge in [0.2, 0.25) is 0 Å². The molecule has 0 aliphatic heterocycles. The summed E-state index contributed by atoms with van der Waals surface area (Å²) in [6, 6.07) is 6.93. The molecule has 0 radical (unpaired) electrons. The second-order valence-corrected chi connectivity index (χ2v) is 7.16. The molecule has 110 valence electrons. The quantitative estimate of drug-likeness (QED) is 0.815. The zero-order valence-electron chi connectivity index (χ0n) is 12.2. The largest absolute Gasteiger partial charge is 0.496 e. The Morgan fingerprint density at radius 2 is 1.90 bits per heavy atom. The molecular weight excluding hydrogens is 314 g/mol. The molecule has 0 aromatic heterocycles. The summed E-state index contributed by atoms with van der Waals surface area (Å²) in [7, 11) is 1.71. The molecule has 2 nitrogen and oxygen atoms in total. The van der Waals surface area contributed by atoms with E-state index >= 15 is 0 Å². The van der Waals surface area contributed by atoms with Gasteiger partial charge in [0, 0.05) is 11.7 Å². The van der Waals surface area contributed by atoms with Gasteiger partial charge in [-0.15, -0.1) is 0 Å². The van der Waals surface area contributed by atoms with Crippen molar-refractivity contribution in [1.29, 1.82) is 0 Å². The van der Waals surface area contributed by atoms with Crippen LogP contribution in [0.3, 0.4) is 0 Å². The lowest BCUT2D eigenvalue weighted by Gasteiger charge is -2.39. The second-order valence-electron chi connectivity index (χ2n) is 6.31. The zero-order chi connectivity index (χ0) is 13.9. The number of nitrogens with one attached hydrogen (secondary N) is 1. The number of methoxy groups -OCH3 is 1. The smallest absolute Gasteiger partial charge is 0.133 e. The van der Waals surface area contributed by atoms with E-state index in [1.54, 1.807) is 7.11 Å². The maximum Gasteiger partial charge on any atom is 0.133 e. The number of hydrogen-bond acceptors (Lipinski definition) is 2. The number of rotatable bonds is 3. The molecule has 2 aliphatic carbocycles. The lowest BCUT2D eigenvalue weighted by Crippen LogP contribution is -2.34. The van der Waals surface area contributed by atoms with Gasteiger partial charge in [-0.1, -0.05) is 25.7 Å². The van der Waals surface area contributed by atoms with Crippen LogP contribution in [0.1, 0.15) is 44.9 Å². The molecule has 3 rings (SSSR count). The fourth-order valence-corrected chi connectivity index (χ4v) is 4.54. The van der Waals surface area contributed by atoms with Crippen molar-refractivity contribution >= 4 is 21.6 Å². The SMILES string of the molecule is COc1ccc(NC2CCC3CCCCC3C2)cc1Br. The molecule has 2 fully saturated rings. The third kappa shape index (κ3) is 3.13. The van der Waals surface area contributed by atoms with Gasteiger partial charge in [0.15, 0.2) is 0 Å². The summed E-state index contributed by atoms with van der Waals surface area (Å²) in [5, 5.41) is 3.72. The van der Waals surface area contributed by atoms with Crippen LogP contribution in [-0.4, -0.2) is 13.2 Å². The monoisotopic (exact) mass is 337 g/mol. The molecule has 20 heavy (non-hydrogen) atoms. The molecule has 1 N–H and O–H groups in total. The summed E-state index contributed by atoms with van der Waals surface area (Å²) in [4.78, 5) is 0. The zero-order valence-corrected chi connectivity index (χ0v) is 13.8. The molecular formula is C17H24BrNO. The van der Waals surface area contributed by atoms with Crippen molar-refractivity contribution in [1.82, 2.24) is 0 Å². The first kappa shape index (κ1) is 14.2. The standard InChI is InChI=1S/C17H24BrNO/c1-20-17-9-8-15(11-16(17)18)19-14-7-6-12-4-2-3-5-13(12)10-14/h8-9,11-14,19H,2-7,10H2,1H3. The molecule has 1 aromatic carbocycles. The number of hydrogen-bond donors (Lipinski definition) is 1. The number of anilines is 1. The van der Waals surface area contributed by atoms with E-state index in [0.717, 1.165) is 22.1 Å². The number of fused-ring (bicyclic) bond motifs is 1. The average molecular weight is 338 g/mol. The first-order chi connectivity index (χ1) is 9.76. The Kier molecular flexibility index (Phi) is 4.54. The second kappa shape index (κ2) is 6.38. The van der Waals surface area contributed by atoms with Crippen LogP contribution in [0, 0.1) is 11.8 Å². The van der Waals surface area contributed by atoms with Gasteiger partial charge in [0.1, 0.15) is 5.75 Å². The summed E-state index contributed by atoms with van der Waals surface area (Å²) in [5.41, 5.74) is 1.21. The van der Waals surface area contributed by atoms with Crippen molar-refractivity contribution in [2.75, 3.05) is 12.4 Å². The third-order valence-electron chi connectivity index (χ3n) is 5.06. The minimum atomic E-state index is 0.648. The molecule has 0 saturated heterocycles. The average Bonchev–Trinajstić information content (AvgIpc) is 2.47. The van der Waals surface area contributed by atoms with Crippen LogP contribution in [0.4, 0.5) is 5.69 Å². The Labute approximate surface area is 130 Å². The highest BCUT2D eigenvalue weighted by Gasteiger charge is 2.31. The summed E-state index contributed by atoms with van der Waals surface area (Å²) >= 11 is 3.56. The minimum Gasteiger partial charge on any atom is -0.496 e. The van der Waals surface area contributed by atoms with Gasteiger partial charge in [-0.3, -0.25) is 0 Å². The number of ether oxygens (including phenoxy) is 1. The predicted molar refractivity (Wildman–Crippen MR) is 87.4 cm³/mol. The van der Waals surface area contributed by atoms with Crippen molar-refractivity contribution in [2.45, 2.75) is 51.0 Å². The Hall–Kier alpha value is -0.700. The fourth-order valence-electron chi connectivity index (χ4n) is 4.00. The lowest BCUT2D eigenvalue weighted by molar-refractivity contribution is 0.162. The first-order valence-electron chi connectivity index (χ1n) is 7.86. The fraction of sp³-hybridized carbons (Fsp3) is 0.647. The molecule has 3 heteroatoms. The molecule has 0 amide bonds. The van der Waals surface area contributed by atoms with Gasteiger partial charge in [0.05, 0.1) is 11.6 Å². The van der Waals surface area contributed by atoms with E-state index < -0.39 is 0 Å². The van der Waals surface area contributed by atoms with E-state index in [2.05, 4.69) is 33.4 Å². The van der Waals surface area contributed by atoms with E-state index in [1.807, 2.05) is 6.07 Å². The normalized spacial score (nSPS) is 29.6. The number of benzene rings is 1. The van der Waals surface area contributed by atoms with Gasteiger partial charge in [-0.05, 0) is 65.2 Å². The van der Waals surface area contributed by atoms with Crippen LogP contribution in [-0.2, 0) is 0 Å². The van der Waals surface area contributed by atoms with Crippen molar-refractivity contribution in [2.24, 2.45) is 11.8 Å².